The lowest BCUT2D eigenvalue weighted by molar-refractivity contribution is -0.137. The van der Waals surface area contributed by atoms with Crippen molar-refractivity contribution in [3.05, 3.63) is 45.0 Å². The molecule has 0 fully saturated rings. The summed E-state index contributed by atoms with van der Waals surface area (Å²) < 4.78 is 7.54. The van der Waals surface area contributed by atoms with Crippen LogP contribution in [0.2, 0.25) is 0 Å². The summed E-state index contributed by atoms with van der Waals surface area (Å²) in [4.78, 5) is 10.5. The average molecular weight is 374 g/mol. The number of carbonyl (C=O) groups is 1. The van der Waals surface area contributed by atoms with Gasteiger partial charge in [0.1, 0.15) is 11.5 Å². The lowest BCUT2D eigenvalue weighted by Gasteiger charge is -2.01. The summed E-state index contributed by atoms with van der Waals surface area (Å²) in [5.41, 5.74) is 0.944. The molecule has 5 heteroatoms. The summed E-state index contributed by atoms with van der Waals surface area (Å²) in [6.07, 6.45) is 0.484. The van der Waals surface area contributed by atoms with Crippen LogP contribution in [-0.2, 0) is 11.2 Å². The molecule has 94 valence electrons. The second-order valence-electron chi connectivity index (χ2n) is 3.78. The minimum atomic E-state index is -0.822. The Morgan fingerprint density at radius 1 is 1.22 bits per heavy atom. The van der Waals surface area contributed by atoms with E-state index in [9.17, 15) is 4.79 Å². The van der Waals surface area contributed by atoms with E-state index in [1.54, 1.807) is 0 Å². The molecular weight excluding hydrogens is 364 g/mol. The highest BCUT2D eigenvalue weighted by atomic mass is 79.9. The normalized spacial score (nSPS) is 10.6. The van der Waals surface area contributed by atoms with Crippen LogP contribution in [0.1, 0.15) is 12.2 Å². The van der Waals surface area contributed by atoms with Crippen molar-refractivity contribution in [2.75, 3.05) is 0 Å². The van der Waals surface area contributed by atoms with Crippen molar-refractivity contribution in [3.63, 3.8) is 0 Å². The summed E-state index contributed by atoms with van der Waals surface area (Å²) in [5.74, 6) is 0.592. The monoisotopic (exact) mass is 372 g/mol. The third-order valence-corrected chi connectivity index (χ3v) is 3.59. The van der Waals surface area contributed by atoms with Crippen molar-refractivity contribution in [1.82, 2.24) is 0 Å². The van der Waals surface area contributed by atoms with Crippen LogP contribution in [0.5, 0.6) is 0 Å². The van der Waals surface area contributed by atoms with Gasteiger partial charge in [0.25, 0.3) is 0 Å². The van der Waals surface area contributed by atoms with Crippen molar-refractivity contribution in [1.29, 1.82) is 0 Å². The zero-order valence-electron chi connectivity index (χ0n) is 9.32. The standard InChI is InChI=1S/C13H10Br2O3/c14-8-1-4-10(11(15)7-8)12-5-2-9(18-12)3-6-13(16)17/h1-2,4-5,7H,3,6H2,(H,16,17). The Kier molecular flexibility index (Phi) is 4.24. The number of aryl methyl sites for hydroxylation is 1. The zero-order valence-corrected chi connectivity index (χ0v) is 12.5. The molecule has 0 unspecified atom stereocenters. The molecule has 0 spiro atoms. The van der Waals surface area contributed by atoms with E-state index in [1.165, 1.54) is 0 Å². The van der Waals surface area contributed by atoms with E-state index in [2.05, 4.69) is 31.9 Å². The molecule has 0 aliphatic heterocycles. The molecule has 0 amide bonds. The topological polar surface area (TPSA) is 50.4 Å². The third kappa shape index (κ3) is 3.23. The van der Waals surface area contributed by atoms with E-state index in [-0.39, 0.29) is 6.42 Å². The Morgan fingerprint density at radius 2 is 2.00 bits per heavy atom. The van der Waals surface area contributed by atoms with Gasteiger partial charge in [0.15, 0.2) is 0 Å². The second kappa shape index (κ2) is 5.71. The number of halogens is 2. The number of furan rings is 1. The van der Waals surface area contributed by atoms with Gasteiger partial charge in [0, 0.05) is 20.9 Å². The van der Waals surface area contributed by atoms with Crippen molar-refractivity contribution < 1.29 is 14.3 Å². The Labute approximate surface area is 121 Å². The summed E-state index contributed by atoms with van der Waals surface area (Å²) >= 11 is 6.86. The second-order valence-corrected chi connectivity index (χ2v) is 5.55. The van der Waals surface area contributed by atoms with Crippen LogP contribution in [0.15, 0.2) is 43.7 Å². The maximum absolute atomic E-state index is 10.5. The summed E-state index contributed by atoms with van der Waals surface area (Å²) in [6.45, 7) is 0. The lowest BCUT2D eigenvalue weighted by atomic mass is 10.2. The predicted octanol–water partition coefficient (Wildman–Crippen LogP) is 4.49. The molecule has 0 saturated heterocycles. The molecule has 0 aliphatic carbocycles. The van der Waals surface area contributed by atoms with Crippen molar-refractivity contribution in [2.24, 2.45) is 0 Å². The van der Waals surface area contributed by atoms with Crippen LogP contribution < -0.4 is 0 Å². The number of carboxylic acids is 1. The third-order valence-electron chi connectivity index (χ3n) is 2.44. The number of hydrogen-bond acceptors (Lipinski definition) is 2. The van der Waals surface area contributed by atoms with Gasteiger partial charge >= 0.3 is 5.97 Å². The van der Waals surface area contributed by atoms with Crippen LogP contribution in [0.3, 0.4) is 0 Å². The Balaban J connectivity index is 2.21. The quantitative estimate of drug-likeness (QED) is 0.858. The van der Waals surface area contributed by atoms with Crippen LogP contribution in [-0.4, -0.2) is 11.1 Å². The van der Waals surface area contributed by atoms with Gasteiger partial charge in [-0.25, -0.2) is 0 Å². The molecule has 1 N–H and O–H groups in total. The maximum Gasteiger partial charge on any atom is 0.303 e. The maximum atomic E-state index is 10.5. The molecule has 0 radical (unpaired) electrons. The molecule has 18 heavy (non-hydrogen) atoms. The van der Waals surface area contributed by atoms with E-state index in [0.29, 0.717) is 12.2 Å². The highest BCUT2D eigenvalue weighted by Crippen LogP contribution is 2.32. The number of benzene rings is 1. The van der Waals surface area contributed by atoms with Crippen LogP contribution in [0.4, 0.5) is 0 Å². The van der Waals surface area contributed by atoms with Gasteiger partial charge in [-0.2, -0.15) is 0 Å². The van der Waals surface area contributed by atoms with Gasteiger partial charge in [0.2, 0.25) is 0 Å². The Morgan fingerprint density at radius 3 is 2.67 bits per heavy atom. The number of carboxylic acid groups (broad SMARTS) is 1. The highest BCUT2D eigenvalue weighted by molar-refractivity contribution is 9.11. The number of rotatable bonds is 4. The first-order valence-electron chi connectivity index (χ1n) is 5.32. The molecule has 1 heterocycles. The summed E-state index contributed by atoms with van der Waals surface area (Å²) in [6, 6.07) is 9.47. The SMILES string of the molecule is O=C(O)CCc1ccc(-c2ccc(Br)cc2Br)o1. The van der Waals surface area contributed by atoms with Gasteiger partial charge in [-0.1, -0.05) is 15.9 Å². The average Bonchev–Trinajstić information content (AvgIpc) is 2.75. The zero-order chi connectivity index (χ0) is 13.1. The summed E-state index contributed by atoms with van der Waals surface area (Å²) in [7, 11) is 0. The Hall–Kier alpha value is -1.07. The molecule has 0 bridgehead atoms. The fraction of sp³-hybridized carbons (Fsp3) is 0.154. The molecular formula is C13H10Br2O3. The molecule has 1 aromatic heterocycles. The van der Waals surface area contributed by atoms with Gasteiger partial charge in [-0.15, -0.1) is 0 Å². The van der Waals surface area contributed by atoms with Gasteiger partial charge in [-0.05, 0) is 46.3 Å². The molecule has 2 aromatic rings. The molecule has 1 aromatic carbocycles. The van der Waals surface area contributed by atoms with Crippen molar-refractivity contribution in [2.45, 2.75) is 12.8 Å². The first-order valence-corrected chi connectivity index (χ1v) is 6.91. The minimum Gasteiger partial charge on any atom is -0.481 e. The fourth-order valence-electron chi connectivity index (χ4n) is 1.58. The fourth-order valence-corrected chi connectivity index (χ4v) is 2.82. The van der Waals surface area contributed by atoms with Gasteiger partial charge in [-0.3, -0.25) is 4.79 Å². The van der Waals surface area contributed by atoms with E-state index in [0.717, 1.165) is 20.3 Å². The summed E-state index contributed by atoms with van der Waals surface area (Å²) in [5, 5.41) is 8.62. The molecule has 0 atom stereocenters. The smallest absolute Gasteiger partial charge is 0.303 e. The number of aliphatic carboxylic acids is 1. The minimum absolute atomic E-state index is 0.0778. The van der Waals surface area contributed by atoms with Crippen LogP contribution in [0, 0.1) is 0 Å². The molecule has 3 nitrogen and oxygen atoms in total. The largest absolute Gasteiger partial charge is 0.481 e. The van der Waals surface area contributed by atoms with Crippen molar-refractivity contribution in [3.8, 4) is 11.3 Å². The highest BCUT2D eigenvalue weighted by Gasteiger charge is 2.09. The van der Waals surface area contributed by atoms with Crippen LogP contribution in [0.25, 0.3) is 11.3 Å². The van der Waals surface area contributed by atoms with Crippen molar-refractivity contribution >= 4 is 37.8 Å². The molecule has 0 saturated carbocycles. The van der Waals surface area contributed by atoms with Gasteiger partial charge in [0.05, 0.1) is 6.42 Å². The number of hydrogen-bond donors (Lipinski definition) is 1. The molecule has 0 aliphatic rings. The van der Waals surface area contributed by atoms with Crippen LogP contribution >= 0.6 is 31.9 Å². The first kappa shape index (κ1) is 13.4. The predicted molar refractivity (Wildman–Crippen MR) is 75.5 cm³/mol. The lowest BCUT2D eigenvalue weighted by Crippen LogP contribution is -1.96. The van der Waals surface area contributed by atoms with E-state index < -0.39 is 5.97 Å². The first-order chi connectivity index (χ1) is 8.56. The van der Waals surface area contributed by atoms with E-state index in [1.807, 2.05) is 30.3 Å². The molecule has 2 rings (SSSR count). The van der Waals surface area contributed by atoms with E-state index in [4.69, 9.17) is 9.52 Å². The van der Waals surface area contributed by atoms with E-state index >= 15 is 0 Å². The van der Waals surface area contributed by atoms with Gasteiger partial charge < -0.3 is 9.52 Å². The Bertz CT molecular complexity index is 575.